The van der Waals surface area contributed by atoms with Gasteiger partial charge in [-0.05, 0) is 89.0 Å². The molecule has 0 radical (unpaired) electrons. The number of alkyl halides is 2. The highest BCUT2D eigenvalue weighted by atomic mass is 19.3. The van der Waals surface area contributed by atoms with E-state index < -0.39 is 29.2 Å². The Labute approximate surface area is 277 Å². The molecule has 1 aliphatic rings. The maximum Gasteiger partial charge on any atom is 0.298 e. The van der Waals surface area contributed by atoms with Gasteiger partial charge in [-0.25, -0.2) is 4.39 Å². The van der Waals surface area contributed by atoms with Crippen LogP contribution in [0, 0.1) is 17.1 Å². The van der Waals surface area contributed by atoms with E-state index in [0.717, 1.165) is 37.2 Å². The molecule has 0 saturated heterocycles. The Balaban J connectivity index is 0.000000508. The van der Waals surface area contributed by atoms with Crippen LogP contribution in [0.1, 0.15) is 57.8 Å². The SMILES string of the molecule is CN(C)CCC(C)(C)O.COc1ccc(C(=O)Nc2cnn3c2C(=O)N(c2ccc(C(F)(F)c4ccc(F)cc4)cc2)CC3)cc1C#N. The third-order valence-corrected chi connectivity index (χ3v) is 7.57. The van der Waals surface area contributed by atoms with Gasteiger partial charge in [0.2, 0.25) is 0 Å². The Bertz CT molecular complexity index is 1790. The molecule has 13 heteroatoms. The molecule has 1 aliphatic heterocycles. The van der Waals surface area contributed by atoms with Crippen LogP contribution in [0.15, 0.2) is 72.9 Å². The van der Waals surface area contributed by atoms with Crippen LogP contribution in [0.4, 0.5) is 24.5 Å². The molecular weight excluding hydrogens is 625 g/mol. The van der Waals surface area contributed by atoms with Gasteiger partial charge in [-0.3, -0.25) is 14.3 Å². The average Bonchev–Trinajstić information content (AvgIpc) is 3.47. The smallest absolute Gasteiger partial charge is 0.298 e. The monoisotopic (exact) mass is 662 g/mol. The summed E-state index contributed by atoms with van der Waals surface area (Å²) in [5, 5.41) is 25.4. The maximum atomic E-state index is 15.0. The van der Waals surface area contributed by atoms with Crippen molar-refractivity contribution >= 4 is 23.2 Å². The Morgan fingerprint density at radius 1 is 1.06 bits per heavy atom. The number of rotatable bonds is 9. The Hall–Kier alpha value is -5.19. The summed E-state index contributed by atoms with van der Waals surface area (Å²) in [7, 11) is 5.43. The molecule has 0 bridgehead atoms. The molecule has 0 unspecified atom stereocenters. The van der Waals surface area contributed by atoms with E-state index in [9.17, 15) is 33.1 Å². The van der Waals surface area contributed by atoms with Gasteiger partial charge in [-0.2, -0.15) is 19.1 Å². The normalized spacial score (nSPS) is 12.9. The van der Waals surface area contributed by atoms with Gasteiger partial charge in [0, 0.05) is 35.5 Å². The number of anilines is 2. The summed E-state index contributed by atoms with van der Waals surface area (Å²) in [6.07, 6.45) is 2.19. The largest absolute Gasteiger partial charge is 0.495 e. The number of fused-ring (bicyclic) bond motifs is 1. The van der Waals surface area contributed by atoms with Crippen molar-refractivity contribution in [3.63, 3.8) is 0 Å². The van der Waals surface area contributed by atoms with E-state index in [-0.39, 0.29) is 40.2 Å². The van der Waals surface area contributed by atoms with Gasteiger partial charge in [-0.1, -0.05) is 12.1 Å². The number of benzene rings is 3. The number of nitriles is 1. The van der Waals surface area contributed by atoms with E-state index in [1.54, 1.807) is 0 Å². The van der Waals surface area contributed by atoms with Gasteiger partial charge in [-0.15, -0.1) is 0 Å². The second-order valence-corrected chi connectivity index (χ2v) is 12.1. The standard InChI is InChI=1S/C28H20F3N5O3.C7H17NO/c1-39-24-11-2-17(14-18(24)15-32)26(37)34-23-16-33-36-13-12-35(27(38)25(23)36)22-9-5-20(6-10-22)28(30,31)19-3-7-21(29)8-4-19;1-7(2,9)5-6-8(3)4/h2-11,14,16H,12-13H2,1H3,(H,34,37);9H,5-6H2,1-4H3. The highest BCUT2D eigenvalue weighted by Crippen LogP contribution is 2.37. The molecule has 0 aliphatic carbocycles. The summed E-state index contributed by atoms with van der Waals surface area (Å²) in [5.41, 5.74) is -0.122. The lowest BCUT2D eigenvalue weighted by Crippen LogP contribution is -2.41. The second kappa shape index (κ2) is 14.7. The van der Waals surface area contributed by atoms with E-state index in [0.29, 0.717) is 18.0 Å². The number of aliphatic hydroxyl groups is 1. The van der Waals surface area contributed by atoms with Gasteiger partial charge in [0.05, 0.1) is 36.7 Å². The minimum absolute atomic E-state index is 0.129. The van der Waals surface area contributed by atoms with Gasteiger partial charge >= 0.3 is 0 Å². The van der Waals surface area contributed by atoms with E-state index in [1.807, 2.05) is 34.0 Å². The number of carbonyl (C=O) groups is 2. The molecule has 2 N–H and O–H groups in total. The molecule has 1 aromatic heterocycles. The fourth-order valence-corrected chi connectivity index (χ4v) is 4.85. The van der Waals surface area contributed by atoms with Crippen molar-refractivity contribution in [3.8, 4) is 11.8 Å². The van der Waals surface area contributed by atoms with Crippen LogP contribution in [0.3, 0.4) is 0 Å². The first-order valence-corrected chi connectivity index (χ1v) is 15.0. The van der Waals surface area contributed by atoms with Crippen molar-refractivity contribution in [1.82, 2.24) is 14.7 Å². The highest BCUT2D eigenvalue weighted by Gasteiger charge is 2.35. The first kappa shape index (κ1) is 35.7. The number of nitrogens with one attached hydrogen (secondary N) is 1. The lowest BCUT2D eigenvalue weighted by molar-refractivity contribution is 0.0428. The van der Waals surface area contributed by atoms with Crippen molar-refractivity contribution in [3.05, 3.63) is 107 Å². The lowest BCUT2D eigenvalue weighted by Gasteiger charge is -2.28. The van der Waals surface area contributed by atoms with Gasteiger partial charge in [0.25, 0.3) is 17.7 Å². The molecule has 0 saturated carbocycles. The molecule has 48 heavy (non-hydrogen) atoms. The molecule has 0 atom stereocenters. The molecule has 2 amide bonds. The molecule has 252 valence electrons. The van der Waals surface area contributed by atoms with Crippen LogP contribution in [0.25, 0.3) is 0 Å². The predicted molar refractivity (Wildman–Crippen MR) is 175 cm³/mol. The van der Waals surface area contributed by atoms with Crippen molar-refractivity contribution < 1.29 is 32.6 Å². The van der Waals surface area contributed by atoms with E-state index in [4.69, 9.17) is 4.74 Å². The number of ether oxygens (including phenoxy) is 1. The fourth-order valence-electron chi connectivity index (χ4n) is 4.85. The summed E-state index contributed by atoms with van der Waals surface area (Å²) in [6.45, 7) is 5.15. The quantitative estimate of drug-likeness (QED) is 0.237. The molecule has 4 aromatic rings. The van der Waals surface area contributed by atoms with Crippen molar-refractivity contribution in [2.45, 2.75) is 38.3 Å². The Morgan fingerprint density at radius 2 is 1.69 bits per heavy atom. The van der Waals surface area contributed by atoms with Crippen molar-refractivity contribution in [2.75, 3.05) is 44.5 Å². The summed E-state index contributed by atoms with van der Waals surface area (Å²) in [4.78, 5) is 29.8. The number of aromatic nitrogens is 2. The molecule has 2 heterocycles. The Kier molecular flexibility index (Phi) is 10.9. The van der Waals surface area contributed by atoms with E-state index >= 15 is 0 Å². The number of amides is 2. The third kappa shape index (κ3) is 8.39. The minimum atomic E-state index is -3.36. The molecule has 3 aromatic carbocycles. The van der Waals surface area contributed by atoms with Crippen LogP contribution in [-0.2, 0) is 12.5 Å². The zero-order valence-electron chi connectivity index (χ0n) is 27.3. The Morgan fingerprint density at radius 3 is 2.23 bits per heavy atom. The number of nitrogens with zero attached hydrogens (tertiary/aromatic N) is 5. The van der Waals surface area contributed by atoms with Gasteiger partial charge in [0.1, 0.15) is 23.3 Å². The van der Waals surface area contributed by atoms with Gasteiger partial charge < -0.3 is 25.0 Å². The summed E-state index contributed by atoms with van der Waals surface area (Å²) >= 11 is 0. The van der Waals surface area contributed by atoms with Crippen LogP contribution in [0.5, 0.6) is 5.75 Å². The van der Waals surface area contributed by atoms with Crippen LogP contribution >= 0.6 is 0 Å². The lowest BCUT2D eigenvalue weighted by atomic mass is 10.00. The van der Waals surface area contributed by atoms with Crippen molar-refractivity contribution in [1.29, 1.82) is 5.26 Å². The number of halogens is 3. The van der Waals surface area contributed by atoms with E-state index in [1.165, 1.54) is 65.4 Å². The number of carbonyl (C=O) groups excluding carboxylic acids is 2. The zero-order chi connectivity index (χ0) is 35.2. The summed E-state index contributed by atoms with van der Waals surface area (Å²) < 4.78 is 49.6. The first-order chi connectivity index (χ1) is 22.6. The van der Waals surface area contributed by atoms with Crippen LogP contribution in [0.2, 0.25) is 0 Å². The number of hydrogen-bond donors (Lipinski definition) is 2. The number of hydrogen-bond acceptors (Lipinski definition) is 7. The highest BCUT2D eigenvalue weighted by molar-refractivity contribution is 6.13. The minimum Gasteiger partial charge on any atom is -0.495 e. The van der Waals surface area contributed by atoms with Gasteiger partial charge in [0.15, 0.2) is 0 Å². The first-order valence-electron chi connectivity index (χ1n) is 15.0. The number of methoxy groups -OCH3 is 1. The topological polar surface area (TPSA) is 124 Å². The average molecular weight is 663 g/mol. The second-order valence-electron chi connectivity index (χ2n) is 12.1. The molecule has 0 fully saturated rings. The van der Waals surface area contributed by atoms with Crippen LogP contribution < -0.4 is 15.0 Å². The predicted octanol–water partition coefficient (Wildman–Crippen LogP) is 5.66. The molecule has 10 nitrogen and oxygen atoms in total. The summed E-state index contributed by atoms with van der Waals surface area (Å²) in [6, 6.07) is 15.6. The molecule has 5 rings (SSSR count). The fraction of sp³-hybridized carbons (Fsp3) is 0.314. The summed E-state index contributed by atoms with van der Waals surface area (Å²) in [5.74, 6) is -4.67. The maximum absolute atomic E-state index is 15.0. The molecule has 0 spiro atoms. The third-order valence-electron chi connectivity index (χ3n) is 7.57. The zero-order valence-corrected chi connectivity index (χ0v) is 27.3. The van der Waals surface area contributed by atoms with Crippen LogP contribution in [-0.4, -0.2) is 71.5 Å². The molecular formula is C35H37F3N6O4. The van der Waals surface area contributed by atoms with E-state index in [2.05, 4.69) is 15.3 Å². The van der Waals surface area contributed by atoms with Crippen molar-refractivity contribution in [2.24, 2.45) is 0 Å².